The lowest BCUT2D eigenvalue weighted by Gasteiger charge is -2.07. The number of amides is 1. The van der Waals surface area contributed by atoms with Crippen LogP contribution in [-0.4, -0.2) is 32.6 Å². The van der Waals surface area contributed by atoms with Gasteiger partial charge < -0.3 is 0 Å². The average molecular weight is 420 g/mol. The summed E-state index contributed by atoms with van der Waals surface area (Å²) in [6.07, 6.45) is 1.42. The number of nitrogens with one attached hydrogen (secondary N) is 1. The molecule has 27 heavy (non-hydrogen) atoms. The molecule has 6 nitrogen and oxygen atoms in total. The molecule has 1 aromatic heterocycles. The molecule has 138 valence electrons. The molecule has 0 fully saturated rings. The summed E-state index contributed by atoms with van der Waals surface area (Å²) in [5, 5.41) is 13.7. The highest BCUT2D eigenvalue weighted by atomic mass is 35.5. The molecule has 9 heteroatoms. The van der Waals surface area contributed by atoms with Gasteiger partial charge in [-0.25, -0.2) is 5.43 Å². The summed E-state index contributed by atoms with van der Waals surface area (Å²) >= 11 is 13.4. The van der Waals surface area contributed by atoms with Gasteiger partial charge in [-0.1, -0.05) is 59.2 Å². The minimum atomic E-state index is -0.278. The molecular formula is C18H15Cl2N5OS. The Morgan fingerprint density at radius 1 is 1.15 bits per heavy atom. The molecule has 0 bridgehead atoms. The number of benzene rings is 2. The summed E-state index contributed by atoms with van der Waals surface area (Å²) in [6.45, 7) is 1.86. The number of aryl methyl sites for hydroxylation is 1. The standard InChI is InChI=1S/C18H15Cl2N5OS/c1-12-22-24-18(25(12)13-6-3-2-4-7-13)27-11-17(26)23-21-10-14-15(19)8-5-9-16(14)20/h2-10H,11H2,1H3,(H,23,26)/b21-10+. The van der Waals surface area contributed by atoms with Gasteiger partial charge in [0.05, 0.1) is 22.0 Å². The van der Waals surface area contributed by atoms with Crippen molar-refractivity contribution in [2.24, 2.45) is 5.10 Å². The second-order valence-corrected chi connectivity index (χ2v) is 7.17. The Morgan fingerprint density at radius 2 is 1.85 bits per heavy atom. The highest BCUT2D eigenvalue weighted by Gasteiger charge is 2.13. The topological polar surface area (TPSA) is 72.2 Å². The second-order valence-electron chi connectivity index (χ2n) is 5.42. The minimum Gasteiger partial charge on any atom is -0.274 e. The van der Waals surface area contributed by atoms with Crippen molar-refractivity contribution in [3.05, 3.63) is 70.0 Å². The van der Waals surface area contributed by atoms with Crippen LogP contribution in [0.15, 0.2) is 58.8 Å². The summed E-state index contributed by atoms with van der Waals surface area (Å²) < 4.78 is 1.89. The van der Waals surface area contributed by atoms with Crippen molar-refractivity contribution in [3.63, 3.8) is 0 Å². The van der Waals surface area contributed by atoms with Gasteiger partial charge in [0.1, 0.15) is 5.82 Å². The van der Waals surface area contributed by atoms with Gasteiger partial charge in [0.2, 0.25) is 0 Å². The van der Waals surface area contributed by atoms with E-state index >= 15 is 0 Å². The van der Waals surface area contributed by atoms with Gasteiger partial charge >= 0.3 is 0 Å². The normalized spacial score (nSPS) is 11.1. The molecule has 3 rings (SSSR count). The Hall–Kier alpha value is -2.35. The van der Waals surface area contributed by atoms with Crippen LogP contribution < -0.4 is 5.43 Å². The maximum absolute atomic E-state index is 12.1. The summed E-state index contributed by atoms with van der Waals surface area (Å²) in [7, 11) is 0. The van der Waals surface area contributed by atoms with Crippen LogP contribution in [0.3, 0.4) is 0 Å². The zero-order valence-electron chi connectivity index (χ0n) is 14.3. The molecule has 0 saturated carbocycles. The Kier molecular flexibility index (Phi) is 6.49. The van der Waals surface area contributed by atoms with E-state index in [1.165, 1.54) is 18.0 Å². The minimum absolute atomic E-state index is 0.137. The number of hydrogen-bond acceptors (Lipinski definition) is 5. The van der Waals surface area contributed by atoms with E-state index in [0.29, 0.717) is 20.8 Å². The van der Waals surface area contributed by atoms with E-state index in [1.54, 1.807) is 18.2 Å². The fourth-order valence-electron chi connectivity index (χ4n) is 2.28. The molecular weight excluding hydrogens is 405 g/mol. The first-order chi connectivity index (χ1) is 13.1. The fraction of sp³-hybridized carbons (Fsp3) is 0.111. The lowest BCUT2D eigenvalue weighted by Crippen LogP contribution is -2.20. The second kappa shape index (κ2) is 9.03. The molecule has 0 aliphatic carbocycles. The fourth-order valence-corrected chi connectivity index (χ4v) is 3.56. The first-order valence-electron chi connectivity index (χ1n) is 7.92. The van der Waals surface area contributed by atoms with Gasteiger partial charge in [0, 0.05) is 11.3 Å². The third kappa shape index (κ3) is 4.88. The Balaban J connectivity index is 1.61. The molecule has 1 amide bonds. The molecule has 0 saturated heterocycles. The summed E-state index contributed by atoms with van der Waals surface area (Å²) in [5.41, 5.74) is 3.95. The zero-order chi connectivity index (χ0) is 19.2. The van der Waals surface area contributed by atoms with Crippen molar-refractivity contribution in [2.75, 3.05) is 5.75 Å². The predicted molar refractivity (Wildman–Crippen MR) is 109 cm³/mol. The van der Waals surface area contributed by atoms with E-state index in [2.05, 4.69) is 20.7 Å². The van der Waals surface area contributed by atoms with Crippen molar-refractivity contribution >= 4 is 47.1 Å². The van der Waals surface area contributed by atoms with Crippen LogP contribution in [0.25, 0.3) is 5.69 Å². The van der Waals surface area contributed by atoms with Crippen molar-refractivity contribution in [2.45, 2.75) is 12.1 Å². The third-order valence-corrected chi connectivity index (χ3v) is 5.11. The van der Waals surface area contributed by atoms with Gasteiger partial charge in [-0.05, 0) is 31.2 Å². The molecule has 0 spiro atoms. The van der Waals surface area contributed by atoms with Crippen LogP contribution in [0.4, 0.5) is 0 Å². The van der Waals surface area contributed by atoms with Gasteiger partial charge in [-0.2, -0.15) is 5.10 Å². The quantitative estimate of drug-likeness (QED) is 0.370. The number of rotatable bonds is 6. The molecule has 1 heterocycles. The maximum Gasteiger partial charge on any atom is 0.250 e. The summed E-state index contributed by atoms with van der Waals surface area (Å²) in [6, 6.07) is 14.9. The highest BCUT2D eigenvalue weighted by Crippen LogP contribution is 2.23. The number of hydrogen-bond donors (Lipinski definition) is 1. The SMILES string of the molecule is Cc1nnc(SCC(=O)N/N=C/c2c(Cl)cccc2Cl)n1-c1ccccc1. The van der Waals surface area contributed by atoms with E-state index in [4.69, 9.17) is 23.2 Å². The van der Waals surface area contributed by atoms with Crippen LogP contribution in [-0.2, 0) is 4.79 Å². The number of nitrogens with zero attached hydrogens (tertiary/aromatic N) is 4. The molecule has 2 aromatic carbocycles. The van der Waals surface area contributed by atoms with E-state index in [0.717, 1.165) is 11.5 Å². The third-order valence-electron chi connectivity index (χ3n) is 3.52. The smallest absolute Gasteiger partial charge is 0.250 e. The van der Waals surface area contributed by atoms with Crippen LogP contribution in [0.5, 0.6) is 0 Å². The summed E-state index contributed by atoms with van der Waals surface area (Å²) in [4.78, 5) is 12.1. The van der Waals surface area contributed by atoms with Crippen molar-refractivity contribution < 1.29 is 4.79 Å². The lowest BCUT2D eigenvalue weighted by atomic mass is 10.2. The van der Waals surface area contributed by atoms with Crippen molar-refractivity contribution in [1.29, 1.82) is 0 Å². The monoisotopic (exact) mass is 419 g/mol. The lowest BCUT2D eigenvalue weighted by molar-refractivity contribution is -0.118. The van der Waals surface area contributed by atoms with Gasteiger partial charge in [0.15, 0.2) is 5.16 Å². The number of carbonyl (C=O) groups excluding carboxylic acids is 1. The van der Waals surface area contributed by atoms with Crippen molar-refractivity contribution in [1.82, 2.24) is 20.2 Å². The van der Waals surface area contributed by atoms with E-state index in [1.807, 2.05) is 41.8 Å². The van der Waals surface area contributed by atoms with Crippen LogP contribution in [0.2, 0.25) is 10.0 Å². The molecule has 3 aromatic rings. The molecule has 0 unspecified atom stereocenters. The van der Waals surface area contributed by atoms with Crippen LogP contribution in [0, 0.1) is 6.92 Å². The number of aromatic nitrogens is 3. The van der Waals surface area contributed by atoms with Gasteiger partial charge in [-0.15, -0.1) is 10.2 Å². The Morgan fingerprint density at radius 3 is 2.56 bits per heavy atom. The van der Waals surface area contributed by atoms with E-state index in [-0.39, 0.29) is 11.7 Å². The van der Waals surface area contributed by atoms with Gasteiger partial charge in [0.25, 0.3) is 5.91 Å². The Labute approximate surface area is 170 Å². The molecule has 0 radical (unpaired) electrons. The first-order valence-corrected chi connectivity index (χ1v) is 9.66. The first kappa shape index (κ1) is 19.4. The summed E-state index contributed by atoms with van der Waals surface area (Å²) in [5.74, 6) is 0.605. The number of carbonyl (C=O) groups is 1. The van der Waals surface area contributed by atoms with E-state index < -0.39 is 0 Å². The number of hydrazone groups is 1. The largest absolute Gasteiger partial charge is 0.274 e. The molecule has 0 aliphatic heterocycles. The van der Waals surface area contributed by atoms with E-state index in [9.17, 15) is 4.79 Å². The molecule has 1 N–H and O–H groups in total. The predicted octanol–water partition coefficient (Wildman–Crippen LogP) is 4.12. The molecule has 0 atom stereocenters. The average Bonchev–Trinajstić information content (AvgIpc) is 3.03. The Bertz CT molecular complexity index is 955. The van der Waals surface area contributed by atoms with Gasteiger partial charge in [-0.3, -0.25) is 9.36 Å². The number of thioether (sulfide) groups is 1. The van der Waals surface area contributed by atoms with Crippen molar-refractivity contribution in [3.8, 4) is 5.69 Å². The number of halogens is 2. The zero-order valence-corrected chi connectivity index (χ0v) is 16.6. The number of para-hydroxylation sites is 1. The highest BCUT2D eigenvalue weighted by molar-refractivity contribution is 7.99. The van der Waals surface area contributed by atoms with Crippen LogP contribution in [0.1, 0.15) is 11.4 Å². The van der Waals surface area contributed by atoms with Crippen LogP contribution >= 0.6 is 35.0 Å². The molecule has 0 aliphatic rings. The maximum atomic E-state index is 12.1.